The molecule has 8 nitrogen and oxygen atoms in total. The molecule has 0 fully saturated rings. The third kappa shape index (κ3) is 7.37. The number of nitrogens with zero attached hydrogens (tertiary/aromatic N) is 3. The molecule has 10 heteroatoms. The Labute approximate surface area is 232 Å². The summed E-state index contributed by atoms with van der Waals surface area (Å²) in [5.74, 6) is 1.14. The Balaban J connectivity index is 1.26. The number of fused-ring (bicyclic) bond motifs is 1. The lowest BCUT2D eigenvalue weighted by molar-refractivity contribution is 0.305. The van der Waals surface area contributed by atoms with Gasteiger partial charge in [-0.3, -0.25) is 4.98 Å². The molecule has 5 aromatic rings. The summed E-state index contributed by atoms with van der Waals surface area (Å²) in [6, 6.07) is 23.7. The molecule has 0 saturated heterocycles. The molecule has 2 heterocycles. The number of rotatable bonds is 11. The van der Waals surface area contributed by atoms with Crippen molar-refractivity contribution in [2.75, 3.05) is 23.9 Å². The van der Waals surface area contributed by atoms with Crippen LogP contribution in [0.3, 0.4) is 0 Å². The number of anilines is 2. The molecule has 5 rings (SSSR count). The highest BCUT2D eigenvalue weighted by atomic mass is 32.2. The largest absolute Gasteiger partial charge is 0.489 e. The first-order valence-electron chi connectivity index (χ1n) is 12.7. The van der Waals surface area contributed by atoms with Crippen molar-refractivity contribution in [3.8, 4) is 17.0 Å². The number of aromatic nitrogens is 3. The van der Waals surface area contributed by atoms with Crippen LogP contribution in [0.25, 0.3) is 22.2 Å². The lowest BCUT2D eigenvalue weighted by Crippen LogP contribution is -2.21. The predicted molar refractivity (Wildman–Crippen MR) is 155 cm³/mol. The van der Waals surface area contributed by atoms with Gasteiger partial charge < -0.3 is 15.4 Å². The van der Waals surface area contributed by atoms with Crippen molar-refractivity contribution >= 4 is 32.2 Å². The van der Waals surface area contributed by atoms with Crippen LogP contribution >= 0.6 is 0 Å². The second kappa shape index (κ2) is 12.2. The Morgan fingerprint density at radius 1 is 0.900 bits per heavy atom. The SMILES string of the molecule is CS(=O)(=O)CCNCc1ccc(-c2cc3c(Nc4ccc(OCc5cccc(F)c5)cc4)ncnc3cn2)cc1. The number of ether oxygens (including phenoxy) is 1. The Morgan fingerprint density at radius 3 is 2.45 bits per heavy atom. The van der Waals surface area contributed by atoms with Crippen LogP contribution in [-0.2, 0) is 23.0 Å². The smallest absolute Gasteiger partial charge is 0.148 e. The van der Waals surface area contributed by atoms with E-state index in [2.05, 4.69) is 25.6 Å². The van der Waals surface area contributed by atoms with Crippen molar-refractivity contribution in [1.29, 1.82) is 0 Å². The first-order valence-corrected chi connectivity index (χ1v) is 14.7. The highest BCUT2D eigenvalue weighted by Gasteiger charge is 2.09. The fourth-order valence-electron chi connectivity index (χ4n) is 4.06. The Bertz CT molecular complexity index is 1710. The van der Waals surface area contributed by atoms with Crippen LogP contribution in [0.5, 0.6) is 5.75 Å². The zero-order valence-corrected chi connectivity index (χ0v) is 22.7. The number of sulfone groups is 1. The quantitative estimate of drug-likeness (QED) is 0.211. The number of hydrogen-bond acceptors (Lipinski definition) is 8. The van der Waals surface area contributed by atoms with Gasteiger partial charge in [0.25, 0.3) is 0 Å². The minimum atomic E-state index is -2.98. The highest BCUT2D eigenvalue weighted by Crippen LogP contribution is 2.28. The van der Waals surface area contributed by atoms with Crippen molar-refractivity contribution in [3.05, 3.63) is 108 Å². The van der Waals surface area contributed by atoms with Crippen LogP contribution in [-0.4, -0.2) is 41.9 Å². The summed E-state index contributed by atoms with van der Waals surface area (Å²) in [5, 5.41) is 7.32. The van der Waals surface area contributed by atoms with Crippen molar-refractivity contribution < 1.29 is 17.5 Å². The van der Waals surface area contributed by atoms with Crippen molar-refractivity contribution in [2.24, 2.45) is 0 Å². The third-order valence-electron chi connectivity index (χ3n) is 6.16. The van der Waals surface area contributed by atoms with Gasteiger partial charge in [-0.1, -0.05) is 36.4 Å². The van der Waals surface area contributed by atoms with Crippen molar-refractivity contribution in [3.63, 3.8) is 0 Å². The molecular formula is C30H28FN5O3S. The molecule has 40 heavy (non-hydrogen) atoms. The summed E-state index contributed by atoms with van der Waals surface area (Å²) < 4.78 is 41.7. The van der Waals surface area contributed by atoms with Gasteiger partial charge in [0.1, 0.15) is 40.2 Å². The second-order valence-electron chi connectivity index (χ2n) is 9.38. The lowest BCUT2D eigenvalue weighted by atomic mass is 10.1. The van der Waals surface area contributed by atoms with Gasteiger partial charge in [-0.15, -0.1) is 0 Å². The van der Waals surface area contributed by atoms with Crippen LogP contribution < -0.4 is 15.4 Å². The molecule has 2 aromatic heterocycles. The van der Waals surface area contributed by atoms with Crippen LogP contribution in [0.2, 0.25) is 0 Å². The third-order valence-corrected chi connectivity index (χ3v) is 7.11. The van der Waals surface area contributed by atoms with E-state index in [1.54, 1.807) is 12.3 Å². The van der Waals surface area contributed by atoms with Gasteiger partial charge in [0.15, 0.2) is 0 Å². The average Bonchev–Trinajstić information content (AvgIpc) is 2.95. The molecule has 204 valence electrons. The molecule has 0 aliphatic carbocycles. The molecule has 3 aromatic carbocycles. The molecule has 0 aliphatic rings. The van der Waals surface area contributed by atoms with Gasteiger partial charge in [-0.25, -0.2) is 22.8 Å². The van der Waals surface area contributed by atoms with Crippen LogP contribution in [0.1, 0.15) is 11.1 Å². The minimum absolute atomic E-state index is 0.110. The number of hydrogen-bond donors (Lipinski definition) is 2. The topological polar surface area (TPSA) is 106 Å². The first-order chi connectivity index (χ1) is 19.3. The number of pyridine rings is 1. The summed E-state index contributed by atoms with van der Waals surface area (Å²) in [6.07, 6.45) is 4.45. The highest BCUT2D eigenvalue weighted by molar-refractivity contribution is 7.90. The maximum absolute atomic E-state index is 13.4. The first kappa shape index (κ1) is 27.2. The molecule has 0 unspecified atom stereocenters. The summed E-state index contributed by atoms with van der Waals surface area (Å²) in [6.45, 7) is 1.27. The number of nitrogens with one attached hydrogen (secondary N) is 2. The van der Waals surface area contributed by atoms with Gasteiger partial charge in [0.2, 0.25) is 0 Å². The van der Waals surface area contributed by atoms with Gasteiger partial charge in [0.05, 0.1) is 23.2 Å². The fourth-order valence-corrected chi connectivity index (χ4v) is 4.58. The minimum Gasteiger partial charge on any atom is -0.489 e. The second-order valence-corrected chi connectivity index (χ2v) is 11.6. The van der Waals surface area contributed by atoms with Crippen LogP contribution in [0.4, 0.5) is 15.9 Å². The van der Waals surface area contributed by atoms with E-state index in [0.29, 0.717) is 30.2 Å². The maximum Gasteiger partial charge on any atom is 0.148 e. The van der Waals surface area contributed by atoms with E-state index in [9.17, 15) is 12.8 Å². The molecule has 2 N–H and O–H groups in total. The molecule has 0 spiro atoms. The van der Waals surface area contributed by atoms with E-state index >= 15 is 0 Å². The summed E-state index contributed by atoms with van der Waals surface area (Å²) >= 11 is 0. The zero-order chi connectivity index (χ0) is 28.0. The molecular weight excluding hydrogens is 529 g/mol. The molecule has 0 amide bonds. The number of benzene rings is 3. The Kier molecular flexibility index (Phi) is 8.28. The average molecular weight is 558 g/mol. The molecule has 0 saturated carbocycles. The van der Waals surface area contributed by atoms with E-state index in [1.807, 2.05) is 60.7 Å². The normalized spacial score (nSPS) is 11.4. The molecule has 0 radical (unpaired) electrons. The summed E-state index contributed by atoms with van der Waals surface area (Å²) in [5.41, 5.74) is 5.06. The van der Waals surface area contributed by atoms with Gasteiger partial charge >= 0.3 is 0 Å². The zero-order valence-electron chi connectivity index (χ0n) is 21.8. The van der Waals surface area contributed by atoms with Gasteiger partial charge in [-0.2, -0.15) is 0 Å². The molecule has 0 bridgehead atoms. The fraction of sp³-hybridized carbons (Fsp3) is 0.167. The van der Waals surface area contributed by atoms with E-state index in [0.717, 1.165) is 33.5 Å². The Morgan fingerprint density at radius 2 is 1.70 bits per heavy atom. The van der Waals surface area contributed by atoms with Gasteiger partial charge in [-0.05, 0) is 53.6 Å². The number of halogens is 1. The standard InChI is InChI=1S/C30H28FN5O3S/c1-40(37,38)14-13-32-17-21-5-7-23(8-6-21)28-16-27-29(18-33-28)34-20-35-30(27)36-25-9-11-26(12-10-25)39-19-22-3-2-4-24(31)15-22/h2-12,15-16,18,20,32H,13-14,17,19H2,1H3,(H,34,35,36). The maximum atomic E-state index is 13.4. The summed E-state index contributed by atoms with van der Waals surface area (Å²) in [7, 11) is -2.98. The van der Waals surface area contributed by atoms with Crippen molar-refractivity contribution in [2.45, 2.75) is 13.2 Å². The predicted octanol–water partition coefficient (Wildman–Crippen LogP) is 5.29. The van der Waals surface area contributed by atoms with E-state index in [-0.39, 0.29) is 18.2 Å². The molecule has 0 aliphatic heterocycles. The monoisotopic (exact) mass is 557 g/mol. The van der Waals surface area contributed by atoms with E-state index in [1.165, 1.54) is 24.7 Å². The molecule has 0 atom stereocenters. The summed E-state index contributed by atoms with van der Waals surface area (Å²) in [4.78, 5) is 13.4. The van der Waals surface area contributed by atoms with E-state index < -0.39 is 9.84 Å². The Hall–Kier alpha value is -4.41. The van der Waals surface area contributed by atoms with Crippen LogP contribution in [0, 0.1) is 5.82 Å². The lowest BCUT2D eigenvalue weighted by Gasteiger charge is -2.11. The van der Waals surface area contributed by atoms with E-state index in [4.69, 9.17) is 4.74 Å². The van der Waals surface area contributed by atoms with Crippen LogP contribution in [0.15, 0.2) is 91.4 Å². The van der Waals surface area contributed by atoms with Crippen molar-refractivity contribution in [1.82, 2.24) is 20.3 Å². The van der Waals surface area contributed by atoms with Gasteiger partial charge in [0, 0.05) is 36.0 Å².